The molecular weight excluding hydrogens is 344 g/mol. The molecule has 2 heterocycles. The van der Waals surface area contributed by atoms with Gasteiger partial charge in [0.2, 0.25) is 11.8 Å². The average molecular weight is 374 g/mol. The molecule has 1 aromatic carbocycles. The Bertz CT molecular complexity index is 693. The summed E-state index contributed by atoms with van der Waals surface area (Å²) in [5, 5.41) is 0. The van der Waals surface area contributed by atoms with E-state index in [1.807, 2.05) is 34.1 Å². The molecule has 0 unspecified atom stereocenters. The number of piperidine rings is 1. The first-order valence-electron chi connectivity index (χ1n) is 9.63. The second-order valence-corrected chi connectivity index (χ2v) is 7.79. The number of fused-ring (bicyclic) bond motifs is 1. The number of methoxy groups -OCH3 is 2. The summed E-state index contributed by atoms with van der Waals surface area (Å²) in [5.74, 6) is 1.39. The summed E-state index contributed by atoms with van der Waals surface area (Å²) < 4.78 is 10.9. The second-order valence-electron chi connectivity index (χ2n) is 7.79. The molecule has 0 N–H and O–H groups in total. The van der Waals surface area contributed by atoms with Crippen LogP contribution in [-0.4, -0.2) is 68.6 Å². The fourth-order valence-corrected chi connectivity index (χ4v) is 4.58. The molecule has 2 fully saturated rings. The fraction of sp³-hybridized carbons (Fsp3) is 0.619. The van der Waals surface area contributed by atoms with Crippen molar-refractivity contribution in [3.63, 3.8) is 0 Å². The van der Waals surface area contributed by atoms with Gasteiger partial charge in [0.05, 0.1) is 13.7 Å². The van der Waals surface area contributed by atoms with Crippen LogP contribution in [0.2, 0.25) is 0 Å². The summed E-state index contributed by atoms with van der Waals surface area (Å²) in [6.45, 7) is 5.16. The maximum atomic E-state index is 12.8. The molecule has 6 nitrogen and oxygen atoms in total. The Hall–Kier alpha value is -2.08. The van der Waals surface area contributed by atoms with Crippen LogP contribution in [0.3, 0.4) is 0 Å². The van der Waals surface area contributed by atoms with Crippen molar-refractivity contribution in [3.05, 3.63) is 29.8 Å². The van der Waals surface area contributed by atoms with Gasteiger partial charge < -0.3 is 19.3 Å². The van der Waals surface area contributed by atoms with Gasteiger partial charge in [-0.2, -0.15) is 0 Å². The number of hydrogen-bond acceptors (Lipinski definition) is 4. The number of ether oxygens (including phenoxy) is 2. The minimum atomic E-state index is -0.0140. The van der Waals surface area contributed by atoms with E-state index in [9.17, 15) is 9.59 Å². The van der Waals surface area contributed by atoms with Crippen molar-refractivity contribution in [2.75, 3.05) is 47.0 Å². The van der Waals surface area contributed by atoms with E-state index < -0.39 is 0 Å². The fourth-order valence-electron chi connectivity index (χ4n) is 4.58. The SMILES string of the molecule is COC[C@@]12CCN(C(=O)CCc3ccccc3OC)C[C@@H]1CN(C(C)=O)C2. The van der Waals surface area contributed by atoms with Gasteiger partial charge in [-0.3, -0.25) is 9.59 Å². The van der Waals surface area contributed by atoms with Gasteiger partial charge in [-0.1, -0.05) is 18.2 Å². The summed E-state index contributed by atoms with van der Waals surface area (Å²) in [6, 6.07) is 7.84. The van der Waals surface area contributed by atoms with Gasteiger partial charge in [0, 0.05) is 58.0 Å². The minimum Gasteiger partial charge on any atom is -0.496 e. The highest BCUT2D eigenvalue weighted by Gasteiger charge is 2.50. The second kappa shape index (κ2) is 8.30. The third-order valence-corrected chi connectivity index (χ3v) is 6.16. The zero-order valence-corrected chi connectivity index (χ0v) is 16.6. The monoisotopic (exact) mass is 374 g/mol. The lowest BCUT2D eigenvalue weighted by Crippen LogP contribution is -2.50. The third-order valence-electron chi connectivity index (χ3n) is 6.16. The van der Waals surface area contributed by atoms with Crippen LogP contribution in [0.5, 0.6) is 5.75 Å². The van der Waals surface area contributed by atoms with E-state index in [1.54, 1.807) is 21.1 Å². The number of aryl methyl sites for hydroxylation is 1. The third kappa shape index (κ3) is 4.10. The molecule has 1 aromatic rings. The first kappa shape index (κ1) is 19.7. The molecule has 148 valence electrons. The number of carbonyl (C=O) groups is 2. The van der Waals surface area contributed by atoms with Crippen molar-refractivity contribution in [2.45, 2.75) is 26.2 Å². The predicted molar refractivity (Wildman–Crippen MR) is 103 cm³/mol. The highest BCUT2D eigenvalue weighted by molar-refractivity contribution is 5.77. The number of likely N-dealkylation sites (tertiary alicyclic amines) is 2. The molecule has 0 aromatic heterocycles. The number of para-hydroxylation sites is 1. The van der Waals surface area contributed by atoms with Crippen molar-refractivity contribution in [1.29, 1.82) is 0 Å². The van der Waals surface area contributed by atoms with Gasteiger partial charge in [0.1, 0.15) is 5.75 Å². The molecule has 0 radical (unpaired) electrons. The van der Waals surface area contributed by atoms with Crippen LogP contribution in [0, 0.1) is 11.3 Å². The quantitative estimate of drug-likeness (QED) is 0.764. The molecule has 27 heavy (non-hydrogen) atoms. The Morgan fingerprint density at radius 2 is 1.93 bits per heavy atom. The van der Waals surface area contributed by atoms with Crippen LogP contribution in [0.15, 0.2) is 24.3 Å². The highest BCUT2D eigenvalue weighted by Crippen LogP contribution is 2.43. The van der Waals surface area contributed by atoms with E-state index in [0.29, 0.717) is 26.0 Å². The van der Waals surface area contributed by atoms with Crippen molar-refractivity contribution in [1.82, 2.24) is 9.80 Å². The van der Waals surface area contributed by atoms with Crippen LogP contribution >= 0.6 is 0 Å². The number of hydrogen-bond donors (Lipinski definition) is 0. The van der Waals surface area contributed by atoms with Crippen molar-refractivity contribution in [3.8, 4) is 5.75 Å². The van der Waals surface area contributed by atoms with Crippen LogP contribution in [-0.2, 0) is 20.7 Å². The van der Waals surface area contributed by atoms with E-state index in [1.165, 1.54) is 0 Å². The summed E-state index contributed by atoms with van der Waals surface area (Å²) in [7, 11) is 3.37. The molecule has 6 heteroatoms. The van der Waals surface area contributed by atoms with Crippen molar-refractivity contribution >= 4 is 11.8 Å². The topological polar surface area (TPSA) is 59.1 Å². The summed E-state index contributed by atoms with van der Waals surface area (Å²) in [6.07, 6.45) is 2.03. The number of carbonyl (C=O) groups excluding carboxylic acids is 2. The Kier molecular flexibility index (Phi) is 6.05. The Balaban J connectivity index is 1.62. The smallest absolute Gasteiger partial charge is 0.222 e. The number of amides is 2. The molecule has 0 saturated carbocycles. The molecule has 0 bridgehead atoms. The van der Waals surface area contributed by atoms with Crippen molar-refractivity contribution in [2.24, 2.45) is 11.3 Å². The summed E-state index contributed by atoms with van der Waals surface area (Å²) in [4.78, 5) is 28.6. The molecule has 2 atom stereocenters. The van der Waals surface area contributed by atoms with Gasteiger partial charge in [-0.15, -0.1) is 0 Å². The molecule has 3 rings (SSSR count). The Labute approximate surface area is 161 Å². The number of rotatable bonds is 6. The zero-order chi connectivity index (χ0) is 19.4. The number of benzene rings is 1. The maximum Gasteiger partial charge on any atom is 0.222 e. The van der Waals surface area contributed by atoms with E-state index in [-0.39, 0.29) is 23.1 Å². The molecule has 2 saturated heterocycles. The van der Waals surface area contributed by atoms with Crippen LogP contribution < -0.4 is 4.74 Å². The average Bonchev–Trinajstić information content (AvgIpc) is 3.05. The highest BCUT2D eigenvalue weighted by atomic mass is 16.5. The first-order valence-corrected chi connectivity index (χ1v) is 9.63. The normalized spacial score (nSPS) is 24.6. The van der Waals surface area contributed by atoms with E-state index in [2.05, 4.69) is 0 Å². The van der Waals surface area contributed by atoms with Crippen molar-refractivity contribution < 1.29 is 19.1 Å². The number of nitrogens with zero attached hydrogens (tertiary/aromatic N) is 2. The molecule has 2 amide bonds. The van der Waals surface area contributed by atoms with Crippen LogP contribution in [0.1, 0.15) is 25.3 Å². The minimum absolute atomic E-state index is 0.0140. The van der Waals surface area contributed by atoms with Crippen LogP contribution in [0.4, 0.5) is 0 Å². The summed E-state index contributed by atoms with van der Waals surface area (Å²) >= 11 is 0. The van der Waals surface area contributed by atoms with E-state index in [4.69, 9.17) is 9.47 Å². The molecule has 0 spiro atoms. The largest absolute Gasteiger partial charge is 0.496 e. The lowest BCUT2D eigenvalue weighted by molar-refractivity contribution is -0.135. The van der Waals surface area contributed by atoms with Gasteiger partial charge in [0.15, 0.2) is 0 Å². The molecule has 2 aliphatic heterocycles. The Morgan fingerprint density at radius 3 is 2.63 bits per heavy atom. The Morgan fingerprint density at radius 1 is 1.19 bits per heavy atom. The molecule has 2 aliphatic rings. The van der Waals surface area contributed by atoms with Crippen LogP contribution in [0.25, 0.3) is 0 Å². The zero-order valence-electron chi connectivity index (χ0n) is 16.6. The van der Waals surface area contributed by atoms with E-state index in [0.717, 1.165) is 37.4 Å². The molecule has 0 aliphatic carbocycles. The van der Waals surface area contributed by atoms with Gasteiger partial charge in [-0.05, 0) is 24.5 Å². The molecular formula is C21H30N2O4. The lowest BCUT2D eigenvalue weighted by Gasteiger charge is -2.43. The standard InChI is InChI=1S/C21H30N2O4/c1-16(24)23-13-18-12-22(11-10-21(18,14-23)15-26-2)20(25)9-8-17-6-4-5-7-19(17)27-3/h4-7,18H,8-15H2,1-3H3/t18-,21+/m1/s1. The first-order chi connectivity index (χ1) is 13.0. The van der Waals surface area contributed by atoms with Gasteiger partial charge >= 0.3 is 0 Å². The van der Waals surface area contributed by atoms with Gasteiger partial charge in [0.25, 0.3) is 0 Å². The van der Waals surface area contributed by atoms with E-state index >= 15 is 0 Å². The summed E-state index contributed by atoms with van der Waals surface area (Å²) in [5.41, 5.74) is 1.04. The van der Waals surface area contributed by atoms with Gasteiger partial charge in [-0.25, -0.2) is 0 Å². The maximum absolute atomic E-state index is 12.8. The lowest BCUT2D eigenvalue weighted by atomic mass is 9.73. The predicted octanol–water partition coefficient (Wildman–Crippen LogP) is 1.97.